The van der Waals surface area contributed by atoms with Crippen molar-refractivity contribution in [3.63, 3.8) is 0 Å². The van der Waals surface area contributed by atoms with Gasteiger partial charge in [0.05, 0.1) is 0 Å². The zero-order chi connectivity index (χ0) is 16.8. The molecule has 2 amide bonds. The van der Waals surface area contributed by atoms with Gasteiger partial charge in [0.15, 0.2) is 0 Å². The van der Waals surface area contributed by atoms with Crippen LogP contribution in [0.2, 0.25) is 5.02 Å². The zero-order valence-corrected chi connectivity index (χ0v) is 14.4. The lowest BCUT2D eigenvalue weighted by Gasteiger charge is -2.09. The number of carbonyl (C=O) groups is 2. The number of carbonyl (C=O) groups excluding carboxylic acids is 2. The number of hydrogen-bond donors (Lipinski definition) is 2. The summed E-state index contributed by atoms with van der Waals surface area (Å²) in [5.74, 6) is -0.501. The van der Waals surface area contributed by atoms with Crippen LogP contribution < -0.4 is 10.6 Å². The predicted octanol–water partition coefficient (Wildman–Crippen LogP) is 3.42. The summed E-state index contributed by atoms with van der Waals surface area (Å²) in [5, 5.41) is 15.1. The molecule has 0 radical (unpaired) electrons. The van der Waals surface area contributed by atoms with Gasteiger partial charge in [-0.15, -0.1) is 10.2 Å². The van der Waals surface area contributed by atoms with Crippen LogP contribution in [-0.2, 0) is 16.0 Å². The van der Waals surface area contributed by atoms with E-state index in [1.165, 1.54) is 11.3 Å². The molecule has 0 spiro atoms. The third kappa shape index (κ3) is 5.01. The molecule has 0 aliphatic carbocycles. The zero-order valence-electron chi connectivity index (χ0n) is 12.9. The van der Waals surface area contributed by atoms with Crippen LogP contribution in [0.15, 0.2) is 18.2 Å². The van der Waals surface area contributed by atoms with Gasteiger partial charge in [-0.1, -0.05) is 35.9 Å². The number of benzene rings is 1. The fourth-order valence-electron chi connectivity index (χ4n) is 1.81. The SMILES string of the molecule is CCc1nnc(NC(=O)CCC(=O)Nc2cccc(Cl)c2C)s1. The fourth-order valence-corrected chi connectivity index (χ4v) is 2.68. The van der Waals surface area contributed by atoms with Crippen LogP contribution in [0.3, 0.4) is 0 Å². The molecule has 1 heterocycles. The summed E-state index contributed by atoms with van der Waals surface area (Å²) < 4.78 is 0. The third-order valence-electron chi connectivity index (χ3n) is 3.14. The molecule has 8 heteroatoms. The van der Waals surface area contributed by atoms with Crippen molar-refractivity contribution in [2.24, 2.45) is 0 Å². The number of rotatable bonds is 6. The summed E-state index contributed by atoms with van der Waals surface area (Å²) in [5.41, 5.74) is 1.45. The highest BCUT2D eigenvalue weighted by Crippen LogP contribution is 2.23. The van der Waals surface area contributed by atoms with Gasteiger partial charge in [0, 0.05) is 23.6 Å². The minimum atomic E-state index is -0.262. The van der Waals surface area contributed by atoms with Crippen molar-refractivity contribution < 1.29 is 9.59 Å². The Morgan fingerprint density at radius 2 is 1.87 bits per heavy atom. The second-order valence-electron chi connectivity index (χ2n) is 4.86. The summed E-state index contributed by atoms with van der Waals surface area (Å²) in [6, 6.07) is 5.29. The van der Waals surface area contributed by atoms with E-state index in [2.05, 4.69) is 20.8 Å². The van der Waals surface area contributed by atoms with E-state index >= 15 is 0 Å². The molecular formula is C15H17ClN4O2S. The molecule has 2 rings (SSSR count). The summed E-state index contributed by atoms with van der Waals surface area (Å²) in [6.45, 7) is 3.79. The molecule has 0 saturated carbocycles. The molecule has 2 N–H and O–H groups in total. The van der Waals surface area contributed by atoms with Gasteiger partial charge in [0.25, 0.3) is 0 Å². The number of halogens is 1. The average Bonchev–Trinajstić information content (AvgIpc) is 2.97. The van der Waals surface area contributed by atoms with Crippen LogP contribution in [-0.4, -0.2) is 22.0 Å². The summed E-state index contributed by atoms with van der Waals surface area (Å²) in [7, 11) is 0. The molecular weight excluding hydrogens is 336 g/mol. The Labute approximate surface area is 143 Å². The van der Waals surface area contributed by atoms with Crippen molar-refractivity contribution in [1.82, 2.24) is 10.2 Å². The Kier molecular flexibility index (Phi) is 6.06. The first kappa shape index (κ1) is 17.4. The van der Waals surface area contributed by atoms with Crippen molar-refractivity contribution in [3.8, 4) is 0 Å². The van der Waals surface area contributed by atoms with Crippen LogP contribution >= 0.6 is 22.9 Å². The van der Waals surface area contributed by atoms with E-state index in [0.29, 0.717) is 15.8 Å². The Morgan fingerprint density at radius 1 is 1.17 bits per heavy atom. The first-order chi connectivity index (χ1) is 11.0. The van der Waals surface area contributed by atoms with Crippen molar-refractivity contribution >= 4 is 45.6 Å². The minimum Gasteiger partial charge on any atom is -0.326 e. The number of amides is 2. The Balaban J connectivity index is 1.81. The minimum absolute atomic E-state index is 0.0759. The normalized spacial score (nSPS) is 10.4. The van der Waals surface area contributed by atoms with Gasteiger partial charge < -0.3 is 10.6 Å². The topological polar surface area (TPSA) is 84.0 Å². The highest BCUT2D eigenvalue weighted by atomic mass is 35.5. The van der Waals surface area contributed by atoms with E-state index in [9.17, 15) is 9.59 Å². The lowest BCUT2D eigenvalue weighted by Crippen LogP contribution is -2.17. The molecule has 0 aliphatic heterocycles. The molecule has 6 nitrogen and oxygen atoms in total. The maximum atomic E-state index is 11.9. The van der Waals surface area contributed by atoms with E-state index in [0.717, 1.165) is 17.0 Å². The smallest absolute Gasteiger partial charge is 0.226 e. The molecule has 1 aromatic carbocycles. The van der Waals surface area contributed by atoms with E-state index in [-0.39, 0.29) is 24.7 Å². The molecule has 122 valence electrons. The second-order valence-corrected chi connectivity index (χ2v) is 6.33. The number of nitrogens with one attached hydrogen (secondary N) is 2. The maximum Gasteiger partial charge on any atom is 0.226 e. The number of aromatic nitrogens is 2. The first-order valence-electron chi connectivity index (χ1n) is 7.16. The van der Waals surface area contributed by atoms with Crippen molar-refractivity contribution in [2.45, 2.75) is 33.1 Å². The van der Waals surface area contributed by atoms with Crippen LogP contribution in [0, 0.1) is 6.92 Å². The van der Waals surface area contributed by atoms with E-state index in [1.54, 1.807) is 18.2 Å². The summed E-state index contributed by atoms with van der Waals surface area (Å²) in [4.78, 5) is 23.7. The van der Waals surface area contributed by atoms with Gasteiger partial charge >= 0.3 is 0 Å². The Hall–Kier alpha value is -1.99. The predicted molar refractivity (Wildman–Crippen MR) is 92.0 cm³/mol. The van der Waals surface area contributed by atoms with Gasteiger partial charge in [0.2, 0.25) is 16.9 Å². The van der Waals surface area contributed by atoms with Crippen LogP contribution in [0.1, 0.15) is 30.3 Å². The van der Waals surface area contributed by atoms with Crippen molar-refractivity contribution in [3.05, 3.63) is 33.8 Å². The molecule has 0 atom stereocenters. The summed E-state index contributed by atoms with van der Waals surface area (Å²) >= 11 is 7.33. The fraction of sp³-hybridized carbons (Fsp3) is 0.333. The number of nitrogens with zero attached hydrogens (tertiary/aromatic N) is 2. The molecule has 0 fully saturated rings. The molecule has 0 saturated heterocycles. The number of hydrogen-bond acceptors (Lipinski definition) is 5. The third-order valence-corrected chi connectivity index (χ3v) is 4.53. The molecule has 23 heavy (non-hydrogen) atoms. The van der Waals surface area contributed by atoms with Crippen LogP contribution in [0.5, 0.6) is 0 Å². The summed E-state index contributed by atoms with van der Waals surface area (Å²) in [6.07, 6.45) is 0.929. The Morgan fingerprint density at radius 3 is 2.52 bits per heavy atom. The molecule has 1 aromatic heterocycles. The lowest BCUT2D eigenvalue weighted by molar-refractivity contribution is -0.121. The standard InChI is InChI=1S/C15H17ClN4O2S/c1-3-14-19-20-15(23-14)18-13(22)8-7-12(21)17-11-6-4-5-10(16)9(11)2/h4-6H,3,7-8H2,1-2H3,(H,17,21)(H,18,20,22). The monoisotopic (exact) mass is 352 g/mol. The van der Waals surface area contributed by atoms with Crippen LogP contribution in [0.4, 0.5) is 10.8 Å². The number of anilines is 2. The molecule has 2 aromatic rings. The Bertz CT molecular complexity index is 717. The van der Waals surface area contributed by atoms with E-state index in [4.69, 9.17) is 11.6 Å². The lowest BCUT2D eigenvalue weighted by atomic mass is 10.2. The maximum absolute atomic E-state index is 11.9. The number of aryl methyl sites for hydroxylation is 1. The largest absolute Gasteiger partial charge is 0.326 e. The highest BCUT2D eigenvalue weighted by molar-refractivity contribution is 7.15. The van der Waals surface area contributed by atoms with Crippen molar-refractivity contribution in [2.75, 3.05) is 10.6 Å². The molecule has 0 bridgehead atoms. The van der Waals surface area contributed by atoms with Gasteiger partial charge in [0.1, 0.15) is 5.01 Å². The van der Waals surface area contributed by atoms with Crippen molar-refractivity contribution in [1.29, 1.82) is 0 Å². The van der Waals surface area contributed by atoms with Crippen LogP contribution in [0.25, 0.3) is 0 Å². The van der Waals surface area contributed by atoms with E-state index < -0.39 is 0 Å². The van der Waals surface area contributed by atoms with E-state index in [1.807, 2.05) is 13.8 Å². The average molecular weight is 353 g/mol. The first-order valence-corrected chi connectivity index (χ1v) is 8.36. The highest BCUT2D eigenvalue weighted by Gasteiger charge is 2.11. The molecule has 0 aliphatic rings. The van der Waals surface area contributed by atoms with Gasteiger partial charge in [-0.2, -0.15) is 0 Å². The van der Waals surface area contributed by atoms with Gasteiger partial charge in [-0.3, -0.25) is 9.59 Å². The molecule has 0 unspecified atom stereocenters. The second kappa shape index (κ2) is 8.03. The van der Waals surface area contributed by atoms with Gasteiger partial charge in [-0.25, -0.2) is 0 Å². The quantitative estimate of drug-likeness (QED) is 0.834. The van der Waals surface area contributed by atoms with Gasteiger partial charge in [-0.05, 0) is 31.0 Å².